The third-order valence-corrected chi connectivity index (χ3v) is 6.62. The molecule has 34 heavy (non-hydrogen) atoms. The molecule has 1 atom stereocenters. The molecule has 1 saturated carbocycles. The molecule has 2 N–H and O–H groups in total. The summed E-state index contributed by atoms with van der Waals surface area (Å²) in [6.07, 6.45) is 8.20. The maximum absolute atomic E-state index is 13.3. The first-order valence-corrected chi connectivity index (χ1v) is 11.7. The lowest BCUT2D eigenvalue weighted by Gasteiger charge is -2.30. The summed E-state index contributed by atoms with van der Waals surface area (Å²) in [5, 5.41) is 22.1. The van der Waals surface area contributed by atoms with Crippen molar-refractivity contribution in [3.63, 3.8) is 0 Å². The van der Waals surface area contributed by atoms with Gasteiger partial charge >= 0.3 is 0 Å². The van der Waals surface area contributed by atoms with Gasteiger partial charge in [0.1, 0.15) is 11.7 Å². The first-order valence-electron chi connectivity index (χ1n) is 11.7. The third-order valence-electron chi connectivity index (χ3n) is 6.62. The van der Waals surface area contributed by atoms with Crippen LogP contribution in [0.25, 0.3) is 11.1 Å². The van der Waals surface area contributed by atoms with Crippen molar-refractivity contribution in [1.82, 2.24) is 15.1 Å². The lowest BCUT2D eigenvalue weighted by molar-refractivity contribution is -0.612. The highest BCUT2D eigenvalue weighted by Crippen LogP contribution is 2.28. The van der Waals surface area contributed by atoms with E-state index in [4.69, 9.17) is 0 Å². The molecule has 2 aromatic heterocycles. The fourth-order valence-corrected chi connectivity index (χ4v) is 4.69. The van der Waals surface area contributed by atoms with Gasteiger partial charge in [-0.3, -0.25) is 14.3 Å². The van der Waals surface area contributed by atoms with Crippen LogP contribution in [0.5, 0.6) is 0 Å². The van der Waals surface area contributed by atoms with Crippen LogP contribution in [0.4, 0.5) is 5.69 Å². The Kier molecular flexibility index (Phi) is 6.95. The van der Waals surface area contributed by atoms with E-state index in [9.17, 15) is 14.8 Å². The molecule has 4 rings (SSSR count). The van der Waals surface area contributed by atoms with Gasteiger partial charge in [0.15, 0.2) is 11.9 Å². The largest absolute Gasteiger partial charge is 0.618 e. The minimum Gasteiger partial charge on any atom is -0.618 e. The number of aryl methyl sites for hydroxylation is 2. The predicted molar refractivity (Wildman–Crippen MR) is 130 cm³/mol. The van der Waals surface area contributed by atoms with Crippen LogP contribution in [0.1, 0.15) is 53.8 Å². The van der Waals surface area contributed by atoms with Crippen LogP contribution >= 0.6 is 0 Å². The van der Waals surface area contributed by atoms with Crippen molar-refractivity contribution in [3.05, 3.63) is 71.0 Å². The number of pyridine rings is 1. The van der Waals surface area contributed by atoms with E-state index in [1.165, 1.54) is 4.68 Å². The van der Waals surface area contributed by atoms with Crippen LogP contribution in [0.2, 0.25) is 0 Å². The zero-order chi connectivity index (χ0) is 24.2. The number of aromatic nitrogens is 3. The average molecular weight is 462 g/mol. The maximum Gasteiger partial charge on any atom is 0.270 e. The van der Waals surface area contributed by atoms with E-state index in [0.29, 0.717) is 17.1 Å². The number of hydrogen-bond acceptors (Lipinski definition) is 4. The average Bonchev–Trinajstić information content (AvgIpc) is 3.26. The van der Waals surface area contributed by atoms with Crippen molar-refractivity contribution in [2.24, 2.45) is 13.0 Å². The van der Waals surface area contributed by atoms with E-state index >= 15 is 0 Å². The molecule has 1 aliphatic rings. The minimum atomic E-state index is -0.624. The fraction of sp³-hybridized carbons (Fsp3) is 0.385. The lowest BCUT2D eigenvalue weighted by atomic mass is 9.83. The first-order chi connectivity index (χ1) is 16.3. The first kappa shape index (κ1) is 23.5. The monoisotopic (exact) mass is 461 g/mol. The van der Waals surface area contributed by atoms with Crippen molar-refractivity contribution in [3.8, 4) is 11.1 Å². The van der Waals surface area contributed by atoms with Gasteiger partial charge in [-0.25, -0.2) is 0 Å². The molecule has 0 unspecified atom stereocenters. The summed E-state index contributed by atoms with van der Waals surface area (Å²) in [6, 6.07) is 10.4. The molecule has 8 heteroatoms. The van der Waals surface area contributed by atoms with Gasteiger partial charge in [-0.05, 0) is 55.5 Å². The van der Waals surface area contributed by atoms with Crippen molar-refractivity contribution >= 4 is 17.5 Å². The molecule has 8 nitrogen and oxygen atoms in total. The van der Waals surface area contributed by atoms with Gasteiger partial charge in [0.25, 0.3) is 5.91 Å². The molecule has 0 spiro atoms. The highest BCUT2D eigenvalue weighted by Gasteiger charge is 2.32. The second-order valence-electron chi connectivity index (χ2n) is 9.10. The van der Waals surface area contributed by atoms with Gasteiger partial charge in [-0.1, -0.05) is 31.4 Å². The summed E-state index contributed by atoms with van der Waals surface area (Å²) in [7, 11) is 1.70. The van der Waals surface area contributed by atoms with Gasteiger partial charge < -0.3 is 15.8 Å². The molecule has 0 bridgehead atoms. The number of carbonyl (C=O) groups excluding carboxylic acids is 2. The number of carbonyl (C=O) groups is 2. The molecule has 2 amide bonds. The van der Waals surface area contributed by atoms with Crippen LogP contribution in [0, 0.1) is 25.0 Å². The van der Waals surface area contributed by atoms with Crippen molar-refractivity contribution in [2.75, 3.05) is 5.32 Å². The van der Waals surface area contributed by atoms with E-state index in [-0.39, 0.29) is 17.7 Å². The highest BCUT2D eigenvalue weighted by molar-refractivity contribution is 6.00. The summed E-state index contributed by atoms with van der Waals surface area (Å²) >= 11 is 0. The van der Waals surface area contributed by atoms with E-state index in [1.807, 2.05) is 37.3 Å². The molecule has 3 aromatic rings. The lowest BCUT2D eigenvalue weighted by Crippen LogP contribution is -2.49. The second kappa shape index (κ2) is 10.1. The van der Waals surface area contributed by atoms with Crippen LogP contribution < -0.4 is 15.4 Å². The van der Waals surface area contributed by atoms with Gasteiger partial charge in [0.2, 0.25) is 5.91 Å². The molecule has 1 fully saturated rings. The fourth-order valence-electron chi connectivity index (χ4n) is 4.69. The Labute approximate surface area is 199 Å². The summed E-state index contributed by atoms with van der Waals surface area (Å²) < 4.78 is 2.38. The topological polar surface area (TPSA) is 103 Å². The zero-order valence-corrected chi connectivity index (χ0v) is 19.9. The van der Waals surface area contributed by atoms with Crippen LogP contribution in [0.15, 0.2) is 48.8 Å². The van der Waals surface area contributed by atoms with Crippen LogP contribution in [-0.2, 0) is 11.8 Å². The molecule has 0 saturated heterocycles. The summed E-state index contributed by atoms with van der Waals surface area (Å²) in [5.74, 6) is -0.436. The van der Waals surface area contributed by atoms with E-state index in [2.05, 4.69) is 15.7 Å². The molecule has 1 aliphatic carbocycles. The molecular weight excluding hydrogens is 430 g/mol. The van der Waals surface area contributed by atoms with E-state index in [1.54, 1.807) is 32.4 Å². The van der Waals surface area contributed by atoms with Gasteiger partial charge in [0, 0.05) is 31.4 Å². The Morgan fingerprint density at radius 1 is 1.12 bits per heavy atom. The summed E-state index contributed by atoms with van der Waals surface area (Å²) in [6.45, 7) is 3.67. The van der Waals surface area contributed by atoms with Crippen molar-refractivity contribution in [1.29, 1.82) is 0 Å². The van der Waals surface area contributed by atoms with E-state index < -0.39 is 6.04 Å². The quantitative estimate of drug-likeness (QED) is 0.432. The number of anilines is 1. The molecule has 178 valence electrons. The number of nitrogens with one attached hydrogen (secondary N) is 2. The van der Waals surface area contributed by atoms with Crippen LogP contribution in [-0.4, -0.2) is 27.6 Å². The highest BCUT2D eigenvalue weighted by atomic mass is 16.5. The summed E-state index contributed by atoms with van der Waals surface area (Å²) in [5.41, 5.74) is 4.32. The van der Waals surface area contributed by atoms with Crippen LogP contribution in [0.3, 0.4) is 0 Å². The van der Waals surface area contributed by atoms with Crippen molar-refractivity contribution < 1.29 is 14.3 Å². The van der Waals surface area contributed by atoms with Gasteiger partial charge in [-0.2, -0.15) is 9.83 Å². The normalized spacial score (nSPS) is 15.0. The SMILES string of the molecule is Cc1cc(-c2ccc(NC(=O)[C@@H](NC(=O)c3ccnn3C)C3CCCCC3)cc2)c(C)[n+]([O-])c1. The third kappa shape index (κ3) is 5.11. The van der Waals surface area contributed by atoms with Gasteiger partial charge in [0.05, 0.1) is 5.56 Å². The van der Waals surface area contributed by atoms with E-state index in [0.717, 1.165) is 53.5 Å². The number of rotatable bonds is 6. The minimum absolute atomic E-state index is 0.0904. The molecule has 0 aliphatic heterocycles. The number of amides is 2. The molecule has 2 heterocycles. The number of nitrogens with zero attached hydrogens (tertiary/aromatic N) is 3. The Balaban J connectivity index is 1.52. The Hall–Kier alpha value is -3.68. The second-order valence-corrected chi connectivity index (χ2v) is 9.10. The predicted octanol–water partition coefficient (Wildman–Crippen LogP) is 3.65. The molecule has 0 radical (unpaired) electrons. The smallest absolute Gasteiger partial charge is 0.270 e. The zero-order valence-electron chi connectivity index (χ0n) is 19.9. The number of benzene rings is 1. The Bertz CT molecular complexity index is 1180. The molecule has 1 aromatic carbocycles. The van der Waals surface area contributed by atoms with Crippen molar-refractivity contribution in [2.45, 2.75) is 52.0 Å². The molecular formula is C26H31N5O3. The summed E-state index contributed by atoms with van der Waals surface area (Å²) in [4.78, 5) is 26.2. The maximum atomic E-state index is 13.3. The standard InChI is InChI=1S/C26H31N5O3/c1-17-15-22(18(2)31(34)16-17)19-9-11-21(12-10-19)28-26(33)24(20-7-5-4-6-8-20)29-25(32)23-13-14-27-30(23)3/h9-16,20,24H,4-8H2,1-3H3,(H,28,33)(H,29,32)/t24-/m0/s1. The number of hydrogen-bond donors (Lipinski definition) is 2. The Morgan fingerprint density at radius 2 is 1.82 bits per heavy atom. The van der Waals surface area contributed by atoms with Gasteiger partial charge in [-0.15, -0.1) is 0 Å². The Morgan fingerprint density at radius 3 is 2.47 bits per heavy atom.